The highest BCUT2D eigenvalue weighted by atomic mass is 19.1. The van der Waals surface area contributed by atoms with Gasteiger partial charge in [-0.25, -0.2) is 13.6 Å². The smallest absolute Gasteiger partial charge is 0.325 e. The number of rotatable bonds is 8. The van der Waals surface area contributed by atoms with Gasteiger partial charge in [0, 0.05) is 13.1 Å². The van der Waals surface area contributed by atoms with Crippen LogP contribution >= 0.6 is 0 Å². The normalized spacial score (nSPS) is 17.8. The minimum absolute atomic E-state index is 0.0681. The fourth-order valence-electron chi connectivity index (χ4n) is 3.27. The third-order valence-electron chi connectivity index (χ3n) is 5.05. The molecule has 3 rings (SSSR count). The standard InChI is InChI=1S/C22H22F2N4O4/c1-22(15-4-8-17(24)9-5-15)20(31)28(21(32)27-22)13-19(30)26-11-10-25-18(29)12-14-2-6-16(23)7-3-14/h2-9H,10-13H2,1H3,(H,25,29)(H,26,30)(H,27,32). The van der Waals surface area contributed by atoms with Gasteiger partial charge in [0.1, 0.15) is 23.7 Å². The molecule has 1 aliphatic heterocycles. The first kappa shape index (κ1) is 22.9. The summed E-state index contributed by atoms with van der Waals surface area (Å²) < 4.78 is 26.0. The molecule has 1 fully saturated rings. The van der Waals surface area contributed by atoms with Crippen LogP contribution in [0.15, 0.2) is 48.5 Å². The van der Waals surface area contributed by atoms with E-state index in [0.29, 0.717) is 11.1 Å². The molecule has 10 heteroatoms. The zero-order valence-electron chi connectivity index (χ0n) is 17.3. The van der Waals surface area contributed by atoms with Crippen LogP contribution in [-0.4, -0.2) is 48.3 Å². The maximum atomic E-state index is 13.2. The van der Waals surface area contributed by atoms with Crippen LogP contribution in [0.4, 0.5) is 13.6 Å². The number of hydrogen-bond donors (Lipinski definition) is 3. The fraction of sp³-hybridized carbons (Fsp3) is 0.273. The van der Waals surface area contributed by atoms with Crippen LogP contribution in [-0.2, 0) is 26.3 Å². The first-order valence-electron chi connectivity index (χ1n) is 9.87. The van der Waals surface area contributed by atoms with E-state index in [1.807, 2.05) is 0 Å². The molecule has 0 aromatic heterocycles. The van der Waals surface area contributed by atoms with Gasteiger partial charge in [-0.15, -0.1) is 0 Å². The van der Waals surface area contributed by atoms with Gasteiger partial charge >= 0.3 is 6.03 Å². The Morgan fingerprint density at radius 1 is 0.906 bits per heavy atom. The van der Waals surface area contributed by atoms with E-state index in [4.69, 9.17) is 0 Å². The van der Waals surface area contributed by atoms with Crippen LogP contribution in [0.5, 0.6) is 0 Å². The summed E-state index contributed by atoms with van der Waals surface area (Å²) in [6.45, 7) is 1.21. The van der Waals surface area contributed by atoms with Crippen molar-refractivity contribution in [2.45, 2.75) is 18.9 Å². The zero-order valence-corrected chi connectivity index (χ0v) is 17.3. The maximum absolute atomic E-state index is 13.2. The van der Waals surface area contributed by atoms with Gasteiger partial charge in [-0.05, 0) is 42.3 Å². The molecule has 2 aromatic rings. The molecular weight excluding hydrogens is 422 g/mol. The number of hydrogen-bond acceptors (Lipinski definition) is 4. The van der Waals surface area contributed by atoms with Gasteiger partial charge in [0.15, 0.2) is 0 Å². The van der Waals surface area contributed by atoms with Gasteiger partial charge in [0.25, 0.3) is 5.91 Å². The number of halogens is 2. The average molecular weight is 444 g/mol. The molecule has 5 amide bonds. The van der Waals surface area contributed by atoms with Crippen LogP contribution in [0.1, 0.15) is 18.1 Å². The highest BCUT2D eigenvalue weighted by Crippen LogP contribution is 2.28. The van der Waals surface area contributed by atoms with Crippen molar-refractivity contribution in [3.05, 3.63) is 71.3 Å². The topological polar surface area (TPSA) is 108 Å². The molecule has 2 aromatic carbocycles. The van der Waals surface area contributed by atoms with Crippen molar-refractivity contribution < 1.29 is 28.0 Å². The van der Waals surface area contributed by atoms with E-state index in [-0.39, 0.29) is 31.2 Å². The first-order valence-corrected chi connectivity index (χ1v) is 9.87. The Labute approximate surface area is 183 Å². The minimum Gasteiger partial charge on any atom is -0.354 e. The Morgan fingerprint density at radius 3 is 2.03 bits per heavy atom. The summed E-state index contributed by atoms with van der Waals surface area (Å²) in [5.74, 6) is -2.37. The highest BCUT2D eigenvalue weighted by Gasteiger charge is 2.49. The lowest BCUT2D eigenvalue weighted by atomic mass is 9.92. The Kier molecular flexibility index (Phi) is 6.82. The van der Waals surface area contributed by atoms with Crippen molar-refractivity contribution >= 4 is 23.8 Å². The molecule has 1 saturated heterocycles. The summed E-state index contributed by atoms with van der Waals surface area (Å²) >= 11 is 0. The number of nitrogens with zero attached hydrogens (tertiary/aromatic N) is 1. The molecule has 168 valence electrons. The van der Waals surface area contributed by atoms with Gasteiger partial charge in [-0.3, -0.25) is 19.3 Å². The Morgan fingerprint density at radius 2 is 1.44 bits per heavy atom. The van der Waals surface area contributed by atoms with Crippen LogP contribution in [0.3, 0.4) is 0 Å². The Hall–Kier alpha value is -3.82. The molecular formula is C22H22F2N4O4. The van der Waals surface area contributed by atoms with E-state index in [9.17, 15) is 28.0 Å². The van der Waals surface area contributed by atoms with Gasteiger partial charge in [-0.2, -0.15) is 0 Å². The molecule has 8 nitrogen and oxygen atoms in total. The predicted molar refractivity (Wildman–Crippen MR) is 110 cm³/mol. The first-order chi connectivity index (χ1) is 15.2. The lowest BCUT2D eigenvalue weighted by Crippen LogP contribution is -2.44. The summed E-state index contributed by atoms with van der Waals surface area (Å²) in [5, 5.41) is 7.67. The summed E-state index contributed by atoms with van der Waals surface area (Å²) in [6.07, 6.45) is 0.0681. The summed E-state index contributed by atoms with van der Waals surface area (Å²) in [7, 11) is 0. The van der Waals surface area contributed by atoms with Crippen molar-refractivity contribution in [2.24, 2.45) is 0 Å². The number of carbonyl (C=O) groups excluding carboxylic acids is 4. The SMILES string of the molecule is CC1(c2ccc(F)cc2)NC(=O)N(CC(=O)NCCNC(=O)Cc2ccc(F)cc2)C1=O. The molecule has 1 unspecified atom stereocenters. The van der Waals surface area contributed by atoms with Crippen molar-refractivity contribution in [3.63, 3.8) is 0 Å². The molecule has 0 bridgehead atoms. The predicted octanol–water partition coefficient (Wildman–Crippen LogP) is 1.21. The van der Waals surface area contributed by atoms with E-state index in [2.05, 4.69) is 16.0 Å². The van der Waals surface area contributed by atoms with Gasteiger partial charge < -0.3 is 16.0 Å². The fourth-order valence-corrected chi connectivity index (χ4v) is 3.27. The number of amides is 5. The Bertz CT molecular complexity index is 1030. The minimum atomic E-state index is -1.40. The molecule has 0 saturated carbocycles. The van der Waals surface area contributed by atoms with Crippen LogP contribution in [0.2, 0.25) is 0 Å². The zero-order chi connectivity index (χ0) is 23.3. The second-order valence-electron chi connectivity index (χ2n) is 7.46. The summed E-state index contributed by atoms with van der Waals surface area (Å²) in [5.41, 5.74) is -0.362. The van der Waals surface area contributed by atoms with Crippen LogP contribution in [0, 0.1) is 11.6 Å². The quantitative estimate of drug-likeness (QED) is 0.420. The number of carbonyl (C=O) groups is 4. The van der Waals surface area contributed by atoms with Crippen LogP contribution in [0.25, 0.3) is 0 Å². The van der Waals surface area contributed by atoms with Gasteiger partial charge in [-0.1, -0.05) is 24.3 Å². The summed E-state index contributed by atoms with van der Waals surface area (Å²) in [4.78, 5) is 49.8. The van der Waals surface area contributed by atoms with E-state index in [1.54, 1.807) is 0 Å². The van der Waals surface area contributed by atoms with Crippen LogP contribution < -0.4 is 16.0 Å². The van der Waals surface area contributed by atoms with Crippen molar-refractivity contribution in [1.82, 2.24) is 20.9 Å². The molecule has 1 atom stereocenters. The average Bonchev–Trinajstić information content (AvgIpc) is 2.97. The van der Waals surface area contributed by atoms with E-state index < -0.39 is 35.7 Å². The molecule has 1 heterocycles. The molecule has 1 aliphatic rings. The molecule has 0 radical (unpaired) electrons. The lowest BCUT2D eigenvalue weighted by molar-refractivity contribution is -0.134. The van der Waals surface area contributed by atoms with E-state index in [1.165, 1.54) is 55.5 Å². The van der Waals surface area contributed by atoms with Crippen molar-refractivity contribution in [2.75, 3.05) is 19.6 Å². The maximum Gasteiger partial charge on any atom is 0.325 e. The molecule has 0 spiro atoms. The number of imide groups is 1. The number of nitrogens with one attached hydrogen (secondary N) is 3. The Balaban J connectivity index is 1.45. The van der Waals surface area contributed by atoms with Gasteiger partial charge in [0.2, 0.25) is 11.8 Å². The molecule has 32 heavy (non-hydrogen) atoms. The third kappa shape index (κ3) is 5.26. The van der Waals surface area contributed by atoms with Crippen molar-refractivity contribution in [3.8, 4) is 0 Å². The van der Waals surface area contributed by atoms with Crippen molar-refractivity contribution in [1.29, 1.82) is 0 Å². The third-order valence-corrected chi connectivity index (χ3v) is 5.05. The van der Waals surface area contributed by atoms with E-state index >= 15 is 0 Å². The largest absolute Gasteiger partial charge is 0.354 e. The highest BCUT2D eigenvalue weighted by molar-refractivity contribution is 6.09. The lowest BCUT2D eigenvalue weighted by Gasteiger charge is -2.22. The summed E-state index contributed by atoms with van der Waals surface area (Å²) in [6, 6.07) is 9.96. The second-order valence-corrected chi connectivity index (χ2v) is 7.46. The number of benzene rings is 2. The molecule has 0 aliphatic carbocycles. The second kappa shape index (κ2) is 9.54. The number of urea groups is 1. The van der Waals surface area contributed by atoms with E-state index in [0.717, 1.165) is 4.90 Å². The molecule has 3 N–H and O–H groups in total. The van der Waals surface area contributed by atoms with Gasteiger partial charge in [0.05, 0.1) is 6.42 Å². The monoisotopic (exact) mass is 444 g/mol.